The van der Waals surface area contributed by atoms with Gasteiger partial charge in [0.05, 0.1) is 12.0 Å². The van der Waals surface area contributed by atoms with Gasteiger partial charge in [0.25, 0.3) is 0 Å². The molecule has 1 aromatic rings. The van der Waals surface area contributed by atoms with E-state index in [1.54, 1.807) is 0 Å². The van der Waals surface area contributed by atoms with Crippen molar-refractivity contribution in [3.05, 3.63) is 35.9 Å². The van der Waals surface area contributed by atoms with E-state index in [-0.39, 0.29) is 42.7 Å². The SMILES string of the molecule is O=C(O)CC[C@@H](NC(=O)[C@@H]1CC(=O)N(C2CCCC2)C1)c1ccccc1. The predicted octanol–water partition coefficient (Wildman–Crippen LogP) is 2.50. The highest BCUT2D eigenvalue weighted by atomic mass is 16.4. The molecule has 6 heteroatoms. The third-order valence-corrected chi connectivity index (χ3v) is 5.46. The number of nitrogens with one attached hydrogen (secondary N) is 1. The molecule has 1 saturated heterocycles. The highest BCUT2D eigenvalue weighted by molar-refractivity contribution is 5.89. The molecule has 1 heterocycles. The Kier molecular flexibility index (Phi) is 5.91. The normalized spacial score (nSPS) is 21.8. The fourth-order valence-electron chi connectivity index (χ4n) is 4.04. The first-order chi connectivity index (χ1) is 12.5. The summed E-state index contributed by atoms with van der Waals surface area (Å²) in [6.07, 6.45) is 4.93. The van der Waals surface area contributed by atoms with Gasteiger partial charge in [-0.15, -0.1) is 0 Å². The number of nitrogens with zero attached hydrogens (tertiary/aromatic N) is 1. The molecule has 3 rings (SSSR count). The van der Waals surface area contributed by atoms with E-state index in [9.17, 15) is 14.4 Å². The predicted molar refractivity (Wildman–Crippen MR) is 96.3 cm³/mol. The van der Waals surface area contributed by atoms with Gasteiger partial charge in [0.15, 0.2) is 0 Å². The lowest BCUT2D eigenvalue weighted by Crippen LogP contribution is -2.38. The first-order valence-corrected chi connectivity index (χ1v) is 9.41. The number of hydrogen-bond donors (Lipinski definition) is 2. The van der Waals surface area contributed by atoms with Crippen LogP contribution in [0.2, 0.25) is 0 Å². The van der Waals surface area contributed by atoms with E-state index in [1.807, 2.05) is 35.2 Å². The van der Waals surface area contributed by atoms with Gasteiger partial charge in [0, 0.05) is 25.4 Å². The maximum absolute atomic E-state index is 12.7. The van der Waals surface area contributed by atoms with E-state index in [2.05, 4.69) is 5.32 Å². The Morgan fingerprint density at radius 2 is 1.88 bits per heavy atom. The molecule has 2 fully saturated rings. The van der Waals surface area contributed by atoms with Crippen LogP contribution < -0.4 is 5.32 Å². The van der Waals surface area contributed by atoms with Gasteiger partial charge in [0.2, 0.25) is 11.8 Å². The van der Waals surface area contributed by atoms with Gasteiger partial charge in [-0.3, -0.25) is 14.4 Å². The Bertz CT molecular complexity index is 655. The molecule has 0 spiro atoms. The molecule has 2 amide bonds. The molecule has 0 bridgehead atoms. The summed E-state index contributed by atoms with van der Waals surface area (Å²) in [6, 6.07) is 9.34. The lowest BCUT2D eigenvalue weighted by molar-refractivity contribution is -0.137. The molecule has 1 aliphatic heterocycles. The van der Waals surface area contributed by atoms with Crippen LogP contribution in [-0.4, -0.2) is 40.4 Å². The molecule has 0 unspecified atom stereocenters. The van der Waals surface area contributed by atoms with Crippen molar-refractivity contribution < 1.29 is 19.5 Å². The van der Waals surface area contributed by atoms with Crippen LogP contribution in [0.3, 0.4) is 0 Å². The first-order valence-electron chi connectivity index (χ1n) is 9.41. The van der Waals surface area contributed by atoms with Crippen molar-refractivity contribution in [1.82, 2.24) is 10.2 Å². The van der Waals surface area contributed by atoms with Crippen LogP contribution in [0.25, 0.3) is 0 Å². The Hall–Kier alpha value is -2.37. The Labute approximate surface area is 153 Å². The van der Waals surface area contributed by atoms with Gasteiger partial charge < -0.3 is 15.3 Å². The smallest absolute Gasteiger partial charge is 0.303 e. The van der Waals surface area contributed by atoms with Crippen molar-refractivity contribution in [3.63, 3.8) is 0 Å². The summed E-state index contributed by atoms with van der Waals surface area (Å²) in [5.74, 6) is -1.32. The molecule has 2 atom stereocenters. The molecule has 1 aliphatic carbocycles. The molecule has 140 valence electrons. The second-order valence-electron chi connectivity index (χ2n) is 7.29. The molecule has 1 aromatic carbocycles. The van der Waals surface area contributed by atoms with Gasteiger partial charge in [-0.05, 0) is 24.8 Å². The van der Waals surface area contributed by atoms with E-state index in [4.69, 9.17) is 5.11 Å². The first kappa shape index (κ1) is 18.4. The minimum Gasteiger partial charge on any atom is -0.481 e. The summed E-state index contributed by atoms with van der Waals surface area (Å²) in [5, 5.41) is 12.0. The fraction of sp³-hybridized carbons (Fsp3) is 0.550. The monoisotopic (exact) mass is 358 g/mol. The highest BCUT2D eigenvalue weighted by Gasteiger charge is 2.39. The molecular weight excluding hydrogens is 332 g/mol. The third-order valence-electron chi connectivity index (χ3n) is 5.46. The van der Waals surface area contributed by atoms with Crippen LogP contribution in [0.4, 0.5) is 0 Å². The van der Waals surface area contributed by atoms with Crippen molar-refractivity contribution in [1.29, 1.82) is 0 Å². The second-order valence-corrected chi connectivity index (χ2v) is 7.29. The van der Waals surface area contributed by atoms with Gasteiger partial charge in [-0.2, -0.15) is 0 Å². The van der Waals surface area contributed by atoms with E-state index < -0.39 is 5.97 Å². The average molecular weight is 358 g/mol. The van der Waals surface area contributed by atoms with Crippen LogP contribution in [0.15, 0.2) is 30.3 Å². The molecule has 0 radical (unpaired) electrons. The van der Waals surface area contributed by atoms with E-state index in [1.165, 1.54) is 0 Å². The van der Waals surface area contributed by atoms with Crippen molar-refractivity contribution >= 4 is 17.8 Å². The summed E-state index contributed by atoms with van der Waals surface area (Å²) in [5.41, 5.74) is 0.888. The fourth-order valence-corrected chi connectivity index (χ4v) is 4.04. The van der Waals surface area contributed by atoms with Crippen LogP contribution in [0.1, 0.15) is 56.6 Å². The van der Waals surface area contributed by atoms with Crippen molar-refractivity contribution in [2.24, 2.45) is 5.92 Å². The van der Waals surface area contributed by atoms with E-state index in [0.29, 0.717) is 13.0 Å². The van der Waals surface area contributed by atoms with Gasteiger partial charge in [-0.25, -0.2) is 0 Å². The minimum absolute atomic E-state index is 0.0162. The van der Waals surface area contributed by atoms with E-state index >= 15 is 0 Å². The summed E-state index contributed by atoms with van der Waals surface area (Å²) in [6.45, 7) is 0.482. The topological polar surface area (TPSA) is 86.7 Å². The molecule has 1 saturated carbocycles. The number of rotatable bonds is 7. The van der Waals surface area contributed by atoms with Crippen LogP contribution in [-0.2, 0) is 14.4 Å². The summed E-state index contributed by atoms with van der Waals surface area (Å²) in [7, 11) is 0. The number of carbonyl (C=O) groups excluding carboxylic acids is 2. The standard InChI is InChI=1S/C20H26N2O4/c23-18-12-15(13-22(18)16-8-4-5-9-16)20(26)21-17(10-11-19(24)25)14-6-2-1-3-7-14/h1-3,6-7,15-17H,4-5,8-13H2,(H,21,26)(H,24,25)/t15-,17-/m1/s1. The number of carboxylic acid groups (broad SMARTS) is 1. The van der Waals surface area contributed by atoms with Crippen LogP contribution >= 0.6 is 0 Å². The molecule has 0 aromatic heterocycles. The number of carboxylic acids is 1. The lowest BCUT2D eigenvalue weighted by Gasteiger charge is -2.24. The lowest BCUT2D eigenvalue weighted by atomic mass is 10.00. The van der Waals surface area contributed by atoms with Crippen molar-refractivity contribution in [2.45, 2.75) is 57.0 Å². The summed E-state index contributed by atoms with van der Waals surface area (Å²) in [4.78, 5) is 37.9. The second kappa shape index (κ2) is 8.34. The Morgan fingerprint density at radius 1 is 1.19 bits per heavy atom. The number of benzene rings is 1. The number of amides is 2. The number of likely N-dealkylation sites (tertiary alicyclic amines) is 1. The van der Waals surface area contributed by atoms with Crippen molar-refractivity contribution in [3.8, 4) is 0 Å². The average Bonchev–Trinajstić information content (AvgIpc) is 3.28. The number of hydrogen-bond acceptors (Lipinski definition) is 3. The summed E-state index contributed by atoms with van der Waals surface area (Å²) >= 11 is 0. The number of carbonyl (C=O) groups is 3. The van der Waals surface area contributed by atoms with Gasteiger partial charge >= 0.3 is 5.97 Å². The van der Waals surface area contributed by atoms with Crippen LogP contribution in [0.5, 0.6) is 0 Å². The quantitative estimate of drug-likeness (QED) is 0.784. The number of aliphatic carboxylic acids is 1. The highest BCUT2D eigenvalue weighted by Crippen LogP contribution is 2.30. The largest absolute Gasteiger partial charge is 0.481 e. The molecule has 2 aliphatic rings. The maximum Gasteiger partial charge on any atom is 0.303 e. The third kappa shape index (κ3) is 4.42. The summed E-state index contributed by atoms with van der Waals surface area (Å²) < 4.78 is 0. The maximum atomic E-state index is 12.7. The van der Waals surface area contributed by atoms with E-state index in [0.717, 1.165) is 31.2 Å². The minimum atomic E-state index is -0.886. The van der Waals surface area contributed by atoms with Crippen molar-refractivity contribution in [2.75, 3.05) is 6.54 Å². The zero-order valence-electron chi connectivity index (χ0n) is 14.9. The molecule has 2 N–H and O–H groups in total. The van der Waals surface area contributed by atoms with Gasteiger partial charge in [-0.1, -0.05) is 43.2 Å². The zero-order valence-corrected chi connectivity index (χ0v) is 14.9. The molecule has 26 heavy (non-hydrogen) atoms. The van der Waals surface area contributed by atoms with Crippen LogP contribution in [0, 0.1) is 5.92 Å². The zero-order chi connectivity index (χ0) is 18.5. The Morgan fingerprint density at radius 3 is 2.54 bits per heavy atom. The Balaban J connectivity index is 1.63. The van der Waals surface area contributed by atoms with Gasteiger partial charge in [0.1, 0.15) is 0 Å². The molecular formula is C20H26N2O4. The molecule has 6 nitrogen and oxygen atoms in total.